The molecule has 5 heteroatoms. The normalized spacial score (nSPS) is 27.0. The molecule has 2 saturated heterocycles. The Bertz CT molecular complexity index is 507. The maximum Gasteiger partial charge on any atom is 0.273 e. The molecule has 2 atom stereocenters. The van der Waals surface area contributed by atoms with Crippen molar-refractivity contribution in [2.24, 2.45) is 0 Å². The summed E-state index contributed by atoms with van der Waals surface area (Å²) in [5, 5.41) is 2.98. The highest BCUT2D eigenvalue weighted by molar-refractivity contribution is 7.09. The minimum absolute atomic E-state index is 0.118. The molecule has 0 aromatic carbocycles. The Morgan fingerprint density at radius 3 is 2.71 bits per heavy atom. The molecule has 0 unspecified atom stereocenters. The van der Waals surface area contributed by atoms with Crippen LogP contribution >= 0.6 is 11.3 Å². The maximum absolute atomic E-state index is 12.7. The fraction of sp³-hybridized carbons (Fsp3) is 0.750. The van der Waals surface area contributed by atoms with Crippen molar-refractivity contribution in [3.63, 3.8) is 0 Å². The van der Waals surface area contributed by atoms with E-state index in [1.807, 2.05) is 10.3 Å². The number of likely N-dealkylation sites (tertiary alicyclic amines) is 2. The van der Waals surface area contributed by atoms with Crippen molar-refractivity contribution in [3.8, 4) is 0 Å². The molecule has 2 fully saturated rings. The van der Waals surface area contributed by atoms with E-state index >= 15 is 0 Å². The van der Waals surface area contributed by atoms with Crippen LogP contribution in [0.1, 0.15) is 61.4 Å². The summed E-state index contributed by atoms with van der Waals surface area (Å²) in [6, 6.07) is 0.877. The second-order valence-electron chi connectivity index (χ2n) is 6.66. The largest absolute Gasteiger partial charge is 0.333 e. The molecule has 1 aromatic heterocycles. The first-order valence-corrected chi connectivity index (χ1v) is 8.94. The number of carbonyl (C=O) groups is 1. The number of carbonyl (C=O) groups excluding carboxylic acids is 1. The van der Waals surface area contributed by atoms with Crippen molar-refractivity contribution >= 4 is 17.2 Å². The minimum Gasteiger partial charge on any atom is -0.333 e. The molecule has 0 radical (unpaired) electrons. The molecular formula is C16H25N3OS. The first-order chi connectivity index (χ1) is 10.1. The number of aromatic nitrogens is 1. The molecule has 4 nitrogen and oxygen atoms in total. The predicted molar refractivity (Wildman–Crippen MR) is 85.9 cm³/mol. The Hall–Kier alpha value is -0.940. The lowest BCUT2D eigenvalue weighted by atomic mass is 10.2. The third-order valence-corrected chi connectivity index (χ3v) is 5.85. The van der Waals surface area contributed by atoms with E-state index < -0.39 is 0 Å². The average Bonchev–Trinajstić information content (AvgIpc) is 3.18. The summed E-state index contributed by atoms with van der Waals surface area (Å²) < 4.78 is 0. The Kier molecular flexibility index (Phi) is 4.31. The molecule has 0 aliphatic carbocycles. The van der Waals surface area contributed by atoms with Crippen molar-refractivity contribution in [1.82, 2.24) is 14.8 Å². The van der Waals surface area contributed by atoms with E-state index in [0.29, 0.717) is 23.7 Å². The van der Waals surface area contributed by atoms with Crippen LogP contribution in [0, 0.1) is 0 Å². The van der Waals surface area contributed by atoms with Gasteiger partial charge in [-0.3, -0.25) is 9.69 Å². The van der Waals surface area contributed by atoms with Gasteiger partial charge in [0.1, 0.15) is 5.69 Å². The van der Waals surface area contributed by atoms with Gasteiger partial charge in [-0.1, -0.05) is 13.8 Å². The van der Waals surface area contributed by atoms with Gasteiger partial charge in [-0.05, 0) is 39.3 Å². The highest BCUT2D eigenvalue weighted by Crippen LogP contribution is 2.27. The number of amides is 1. The van der Waals surface area contributed by atoms with Crippen LogP contribution in [0.15, 0.2) is 5.38 Å². The highest BCUT2D eigenvalue weighted by atomic mass is 32.1. The summed E-state index contributed by atoms with van der Waals surface area (Å²) in [4.78, 5) is 21.8. The summed E-state index contributed by atoms with van der Waals surface area (Å²) in [5.41, 5.74) is 0.637. The molecule has 0 N–H and O–H groups in total. The summed E-state index contributed by atoms with van der Waals surface area (Å²) in [6.07, 6.45) is 3.72. The SMILES string of the molecule is CC(C)c1nc(C(=O)N2C[C@@H](N3CCCC3)C[C@H]2C)cs1. The van der Waals surface area contributed by atoms with Crippen LogP contribution in [0.25, 0.3) is 0 Å². The van der Waals surface area contributed by atoms with Gasteiger partial charge in [0.25, 0.3) is 5.91 Å². The first kappa shape index (κ1) is 15.0. The van der Waals surface area contributed by atoms with Crippen LogP contribution in [0.5, 0.6) is 0 Å². The van der Waals surface area contributed by atoms with Gasteiger partial charge in [0.05, 0.1) is 5.01 Å². The van der Waals surface area contributed by atoms with Crippen LogP contribution in [0.4, 0.5) is 0 Å². The Labute approximate surface area is 131 Å². The lowest BCUT2D eigenvalue weighted by Crippen LogP contribution is -2.38. The lowest BCUT2D eigenvalue weighted by Gasteiger charge is -2.23. The quantitative estimate of drug-likeness (QED) is 0.861. The summed E-state index contributed by atoms with van der Waals surface area (Å²) in [6.45, 7) is 9.68. The summed E-state index contributed by atoms with van der Waals surface area (Å²) in [5.74, 6) is 0.511. The molecule has 0 bridgehead atoms. The Morgan fingerprint density at radius 1 is 1.38 bits per heavy atom. The molecule has 21 heavy (non-hydrogen) atoms. The van der Waals surface area contributed by atoms with Crippen molar-refractivity contribution in [1.29, 1.82) is 0 Å². The molecule has 0 spiro atoms. The zero-order valence-electron chi connectivity index (χ0n) is 13.2. The third-order valence-electron chi connectivity index (χ3n) is 4.71. The van der Waals surface area contributed by atoms with E-state index in [-0.39, 0.29) is 5.91 Å². The molecule has 3 rings (SSSR count). The van der Waals surface area contributed by atoms with E-state index in [1.54, 1.807) is 11.3 Å². The third kappa shape index (κ3) is 2.99. The lowest BCUT2D eigenvalue weighted by molar-refractivity contribution is 0.0732. The maximum atomic E-state index is 12.7. The highest BCUT2D eigenvalue weighted by Gasteiger charge is 2.37. The molecule has 1 aromatic rings. The number of thiazole rings is 1. The second kappa shape index (κ2) is 6.05. The standard InChI is InChI=1S/C16H25N3OS/c1-11(2)15-17-14(10-21-15)16(20)19-9-13(8-12(19)3)18-6-4-5-7-18/h10-13H,4-9H2,1-3H3/t12-,13+/m1/s1. The van der Waals surface area contributed by atoms with Crippen LogP contribution in [-0.2, 0) is 0 Å². The molecular weight excluding hydrogens is 282 g/mol. The monoisotopic (exact) mass is 307 g/mol. The van der Waals surface area contributed by atoms with Crippen molar-refractivity contribution < 1.29 is 4.79 Å². The molecule has 2 aliphatic rings. The van der Waals surface area contributed by atoms with E-state index in [4.69, 9.17) is 0 Å². The number of hydrogen-bond acceptors (Lipinski definition) is 4. The van der Waals surface area contributed by atoms with Gasteiger partial charge in [0.2, 0.25) is 0 Å². The van der Waals surface area contributed by atoms with E-state index in [1.165, 1.54) is 25.9 Å². The zero-order valence-corrected chi connectivity index (χ0v) is 14.0. The van der Waals surface area contributed by atoms with Gasteiger partial charge >= 0.3 is 0 Å². The Morgan fingerprint density at radius 2 is 2.10 bits per heavy atom. The molecule has 3 heterocycles. The fourth-order valence-corrected chi connectivity index (χ4v) is 4.26. The number of hydrogen-bond donors (Lipinski definition) is 0. The van der Waals surface area contributed by atoms with E-state index in [0.717, 1.165) is 18.0 Å². The van der Waals surface area contributed by atoms with E-state index in [9.17, 15) is 4.79 Å². The smallest absolute Gasteiger partial charge is 0.273 e. The van der Waals surface area contributed by atoms with Crippen molar-refractivity contribution in [2.45, 2.75) is 58.0 Å². The predicted octanol–water partition coefficient (Wildman–Crippen LogP) is 2.97. The van der Waals surface area contributed by atoms with Gasteiger partial charge in [-0.25, -0.2) is 4.98 Å². The molecule has 2 aliphatic heterocycles. The van der Waals surface area contributed by atoms with Gasteiger partial charge in [0, 0.05) is 29.9 Å². The number of nitrogens with zero attached hydrogens (tertiary/aromatic N) is 3. The summed E-state index contributed by atoms with van der Waals surface area (Å²) >= 11 is 1.60. The average molecular weight is 307 g/mol. The molecule has 1 amide bonds. The van der Waals surface area contributed by atoms with Gasteiger partial charge in [-0.15, -0.1) is 11.3 Å². The molecule has 0 saturated carbocycles. The van der Waals surface area contributed by atoms with Gasteiger partial charge in [0.15, 0.2) is 0 Å². The number of rotatable bonds is 3. The van der Waals surface area contributed by atoms with Crippen molar-refractivity contribution in [2.75, 3.05) is 19.6 Å². The van der Waals surface area contributed by atoms with Crippen molar-refractivity contribution in [3.05, 3.63) is 16.1 Å². The Balaban J connectivity index is 1.69. The topological polar surface area (TPSA) is 36.4 Å². The molecule has 116 valence electrons. The van der Waals surface area contributed by atoms with Crippen LogP contribution in [-0.4, -0.2) is 52.4 Å². The fourth-order valence-electron chi connectivity index (χ4n) is 3.46. The summed E-state index contributed by atoms with van der Waals surface area (Å²) in [7, 11) is 0. The van der Waals surface area contributed by atoms with Crippen LogP contribution < -0.4 is 0 Å². The van der Waals surface area contributed by atoms with E-state index in [2.05, 4.69) is 30.7 Å². The van der Waals surface area contributed by atoms with Gasteiger partial charge in [-0.2, -0.15) is 0 Å². The van der Waals surface area contributed by atoms with Gasteiger partial charge < -0.3 is 4.90 Å². The first-order valence-electron chi connectivity index (χ1n) is 8.06. The minimum atomic E-state index is 0.118. The zero-order chi connectivity index (χ0) is 15.0. The second-order valence-corrected chi connectivity index (χ2v) is 7.55. The van der Waals surface area contributed by atoms with Crippen LogP contribution in [0.3, 0.4) is 0 Å². The van der Waals surface area contributed by atoms with Crippen LogP contribution in [0.2, 0.25) is 0 Å².